The van der Waals surface area contributed by atoms with E-state index in [9.17, 15) is 17.6 Å². The van der Waals surface area contributed by atoms with Gasteiger partial charge < -0.3 is 4.90 Å². The zero-order chi connectivity index (χ0) is 18.0. The molecule has 132 valence electrons. The maximum Gasteiger partial charge on any atom is 0.253 e. The zero-order valence-electron chi connectivity index (χ0n) is 13.2. The second kappa shape index (κ2) is 7.11. The number of amides is 1. The monoisotopic (exact) mass is 382 g/mol. The topological polar surface area (TPSA) is 57.7 Å². The summed E-state index contributed by atoms with van der Waals surface area (Å²) in [7, 11) is -3.70. The molecule has 1 heterocycles. The second-order valence-electron chi connectivity index (χ2n) is 5.63. The van der Waals surface area contributed by atoms with E-state index in [2.05, 4.69) is 0 Å². The Balaban J connectivity index is 1.70. The lowest BCUT2D eigenvalue weighted by Crippen LogP contribution is -2.50. The van der Waals surface area contributed by atoms with E-state index < -0.39 is 15.8 Å². The van der Waals surface area contributed by atoms with Crippen LogP contribution in [0, 0.1) is 5.82 Å². The SMILES string of the molecule is O=C(c1ccc(F)cc1)N1CCN(S(=O)(=O)c2ccccc2Cl)CC1. The molecule has 0 unspecified atom stereocenters. The quantitative estimate of drug-likeness (QED) is 0.820. The van der Waals surface area contributed by atoms with Gasteiger partial charge >= 0.3 is 0 Å². The highest BCUT2D eigenvalue weighted by Gasteiger charge is 2.31. The predicted octanol–water partition coefficient (Wildman–Crippen LogP) is 2.63. The molecule has 2 aromatic carbocycles. The van der Waals surface area contributed by atoms with Gasteiger partial charge in [0.15, 0.2) is 0 Å². The highest BCUT2D eigenvalue weighted by molar-refractivity contribution is 7.89. The van der Waals surface area contributed by atoms with Gasteiger partial charge in [0.1, 0.15) is 10.7 Å². The Hall–Kier alpha value is -1.96. The van der Waals surface area contributed by atoms with Crippen molar-refractivity contribution in [3.8, 4) is 0 Å². The normalized spacial score (nSPS) is 16.0. The molecule has 0 saturated carbocycles. The van der Waals surface area contributed by atoms with Crippen molar-refractivity contribution in [2.24, 2.45) is 0 Å². The summed E-state index contributed by atoms with van der Waals surface area (Å²) < 4.78 is 39.7. The Morgan fingerprint density at radius 2 is 1.56 bits per heavy atom. The summed E-state index contributed by atoms with van der Waals surface area (Å²) in [4.78, 5) is 14.0. The van der Waals surface area contributed by atoms with E-state index in [0.29, 0.717) is 5.56 Å². The van der Waals surface area contributed by atoms with Crippen LogP contribution in [-0.4, -0.2) is 49.7 Å². The summed E-state index contributed by atoms with van der Waals surface area (Å²) in [5.41, 5.74) is 0.379. The number of hydrogen-bond donors (Lipinski definition) is 0. The molecule has 0 aromatic heterocycles. The molecule has 5 nitrogen and oxygen atoms in total. The Morgan fingerprint density at radius 3 is 2.16 bits per heavy atom. The number of sulfonamides is 1. The van der Waals surface area contributed by atoms with Gasteiger partial charge in [-0.1, -0.05) is 23.7 Å². The van der Waals surface area contributed by atoms with Crippen molar-refractivity contribution in [3.05, 3.63) is 64.9 Å². The standard InChI is InChI=1S/C17H16ClFN2O3S/c18-15-3-1-2-4-16(15)25(23,24)21-11-9-20(10-12-21)17(22)13-5-7-14(19)8-6-13/h1-8H,9-12H2. The minimum absolute atomic E-state index is 0.0648. The van der Waals surface area contributed by atoms with E-state index in [1.807, 2.05) is 0 Å². The van der Waals surface area contributed by atoms with E-state index in [1.165, 1.54) is 40.7 Å². The molecule has 1 aliphatic heterocycles. The fraction of sp³-hybridized carbons (Fsp3) is 0.235. The Kier molecular flexibility index (Phi) is 5.08. The van der Waals surface area contributed by atoms with Crippen LogP contribution in [0.15, 0.2) is 53.4 Å². The molecule has 0 atom stereocenters. The highest BCUT2D eigenvalue weighted by Crippen LogP contribution is 2.25. The van der Waals surface area contributed by atoms with E-state index in [-0.39, 0.29) is 42.0 Å². The van der Waals surface area contributed by atoms with Crippen molar-refractivity contribution in [1.82, 2.24) is 9.21 Å². The first-order valence-electron chi connectivity index (χ1n) is 7.69. The van der Waals surface area contributed by atoms with Gasteiger partial charge in [-0.15, -0.1) is 0 Å². The molecule has 3 rings (SSSR count). The van der Waals surface area contributed by atoms with Crippen LogP contribution >= 0.6 is 11.6 Å². The molecular weight excluding hydrogens is 367 g/mol. The van der Waals surface area contributed by atoms with Crippen LogP contribution in [0.1, 0.15) is 10.4 Å². The van der Waals surface area contributed by atoms with E-state index in [1.54, 1.807) is 17.0 Å². The summed E-state index contributed by atoms with van der Waals surface area (Å²) >= 11 is 6.00. The Morgan fingerprint density at radius 1 is 0.960 bits per heavy atom. The summed E-state index contributed by atoms with van der Waals surface area (Å²) in [6.45, 7) is 0.890. The van der Waals surface area contributed by atoms with Gasteiger partial charge in [-0.25, -0.2) is 12.8 Å². The zero-order valence-corrected chi connectivity index (χ0v) is 14.8. The maximum atomic E-state index is 13.0. The molecule has 0 aliphatic carbocycles. The van der Waals surface area contributed by atoms with E-state index >= 15 is 0 Å². The van der Waals surface area contributed by atoms with Gasteiger partial charge in [-0.2, -0.15) is 4.31 Å². The van der Waals surface area contributed by atoms with Gasteiger partial charge in [-0.05, 0) is 36.4 Å². The fourth-order valence-electron chi connectivity index (χ4n) is 2.70. The smallest absolute Gasteiger partial charge is 0.253 e. The number of halogens is 2. The first-order chi connectivity index (χ1) is 11.9. The average Bonchev–Trinajstić information content (AvgIpc) is 2.62. The molecule has 8 heteroatoms. The summed E-state index contributed by atoms with van der Waals surface area (Å²) in [6.07, 6.45) is 0. The number of benzene rings is 2. The molecule has 25 heavy (non-hydrogen) atoms. The molecule has 0 spiro atoms. The summed E-state index contributed by atoms with van der Waals surface area (Å²) in [5, 5.41) is 0.173. The molecule has 1 fully saturated rings. The third kappa shape index (κ3) is 3.68. The van der Waals surface area contributed by atoms with Crippen molar-refractivity contribution in [2.75, 3.05) is 26.2 Å². The van der Waals surface area contributed by atoms with Crippen LogP contribution in [0.4, 0.5) is 4.39 Å². The lowest BCUT2D eigenvalue weighted by Gasteiger charge is -2.34. The number of rotatable bonds is 3. The van der Waals surface area contributed by atoms with Gasteiger partial charge in [-0.3, -0.25) is 4.79 Å². The first-order valence-corrected chi connectivity index (χ1v) is 9.51. The van der Waals surface area contributed by atoms with Crippen LogP contribution in [0.2, 0.25) is 5.02 Å². The minimum atomic E-state index is -3.70. The Labute approximate surface area is 150 Å². The molecule has 1 amide bonds. The number of piperazine rings is 1. The Bertz CT molecular complexity index is 879. The summed E-state index contributed by atoms with van der Waals surface area (Å²) in [5.74, 6) is -0.651. The van der Waals surface area contributed by atoms with E-state index in [4.69, 9.17) is 11.6 Å². The van der Waals surface area contributed by atoms with Crippen molar-refractivity contribution < 1.29 is 17.6 Å². The first kappa shape index (κ1) is 17.8. The number of carbonyl (C=O) groups excluding carboxylic acids is 1. The number of hydrogen-bond acceptors (Lipinski definition) is 3. The van der Waals surface area contributed by atoms with Crippen molar-refractivity contribution in [1.29, 1.82) is 0 Å². The van der Waals surface area contributed by atoms with Crippen LogP contribution in [0.5, 0.6) is 0 Å². The largest absolute Gasteiger partial charge is 0.336 e. The fourth-order valence-corrected chi connectivity index (χ4v) is 4.62. The van der Waals surface area contributed by atoms with Gasteiger partial charge in [0.05, 0.1) is 5.02 Å². The lowest BCUT2D eigenvalue weighted by atomic mass is 10.2. The molecule has 1 saturated heterocycles. The summed E-state index contributed by atoms with van der Waals surface area (Å²) in [6, 6.07) is 11.6. The molecule has 0 radical (unpaired) electrons. The third-order valence-corrected chi connectivity index (χ3v) is 6.47. The van der Waals surface area contributed by atoms with Gasteiger partial charge in [0, 0.05) is 31.7 Å². The molecule has 0 bridgehead atoms. The molecule has 1 aliphatic rings. The van der Waals surface area contributed by atoms with Crippen molar-refractivity contribution >= 4 is 27.5 Å². The van der Waals surface area contributed by atoms with Crippen LogP contribution < -0.4 is 0 Å². The van der Waals surface area contributed by atoms with Crippen LogP contribution in [0.3, 0.4) is 0 Å². The van der Waals surface area contributed by atoms with Crippen molar-refractivity contribution in [2.45, 2.75) is 4.90 Å². The average molecular weight is 383 g/mol. The number of carbonyl (C=O) groups is 1. The maximum absolute atomic E-state index is 13.0. The molecular formula is C17H16ClFN2O3S. The van der Waals surface area contributed by atoms with Gasteiger partial charge in [0.25, 0.3) is 5.91 Å². The van der Waals surface area contributed by atoms with Gasteiger partial charge in [0.2, 0.25) is 10.0 Å². The second-order valence-corrected chi connectivity index (χ2v) is 7.95. The molecule has 2 aromatic rings. The third-order valence-electron chi connectivity index (χ3n) is 4.07. The number of nitrogens with zero attached hydrogens (tertiary/aromatic N) is 2. The lowest BCUT2D eigenvalue weighted by molar-refractivity contribution is 0.0698. The molecule has 0 N–H and O–H groups in total. The predicted molar refractivity (Wildman–Crippen MR) is 92.5 cm³/mol. The van der Waals surface area contributed by atoms with Crippen LogP contribution in [-0.2, 0) is 10.0 Å². The van der Waals surface area contributed by atoms with Crippen molar-refractivity contribution in [3.63, 3.8) is 0 Å². The minimum Gasteiger partial charge on any atom is -0.336 e. The van der Waals surface area contributed by atoms with Crippen LogP contribution in [0.25, 0.3) is 0 Å². The van der Waals surface area contributed by atoms with E-state index in [0.717, 1.165) is 0 Å². The highest BCUT2D eigenvalue weighted by atomic mass is 35.5.